The third-order valence-corrected chi connectivity index (χ3v) is 14.2. The molecular formula is C21H43F3O3SSi. The highest BCUT2D eigenvalue weighted by Gasteiger charge is 2.57. The molecule has 0 heterocycles. The van der Waals surface area contributed by atoms with Crippen molar-refractivity contribution in [3.8, 4) is 0 Å². The summed E-state index contributed by atoms with van der Waals surface area (Å²) in [5, 5.41) is -0.620. The molecule has 2 unspecified atom stereocenters. The molecular weight excluding hydrogens is 417 g/mol. The summed E-state index contributed by atoms with van der Waals surface area (Å²) in [6.45, 7) is 13.8. The lowest BCUT2D eigenvalue weighted by Crippen LogP contribution is -2.53. The van der Waals surface area contributed by atoms with Crippen LogP contribution in [0.4, 0.5) is 13.2 Å². The van der Waals surface area contributed by atoms with Crippen LogP contribution in [-0.2, 0) is 14.0 Å². The second-order valence-electron chi connectivity index (χ2n) is 9.47. The van der Waals surface area contributed by atoms with Crippen LogP contribution in [0.3, 0.4) is 0 Å². The Labute approximate surface area is 178 Å². The third-order valence-electron chi connectivity index (χ3n) is 6.24. The average Bonchev–Trinajstić information content (AvgIpc) is 2.59. The van der Waals surface area contributed by atoms with Gasteiger partial charge in [0.2, 0.25) is 8.32 Å². The second kappa shape index (κ2) is 12.1. The molecule has 0 aromatic carbocycles. The third kappa shape index (κ3) is 8.89. The molecule has 0 saturated heterocycles. The zero-order valence-electron chi connectivity index (χ0n) is 19.5. The quantitative estimate of drug-likeness (QED) is 0.195. The molecule has 0 N–H and O–H groups in total. The summed E-state index contributed by atoms with van der Waals surface area (Å²) in [5.74, 6) is 0.376. The first-order valence-electron chi connectivity index (χ1n) is 11.2. The molecule has 0 aromatic heterocycles. The number of alkyl halides is 3. The summed E-state index contributed by atoms with van der Waals surface area (Å²) < 4.78 is 69.6. The lowest BCUT2D eigenvalue weighted by atomic mass is 10.0. The van der Waals surface area contributed by atoms with Crippen LogP contribution < -0.4 is 0 Å². The Bertz CT molecular complexity index is 538. The molecule has 176 valence electrons. The van der Waals surface area contributed by atoms with Gasteiger partial charge in [0.25, 0.3) is 0 Å². The highest BCUT2D eigenvalue weighted by atomic mass is 32.2. The van der Waals surface area contributed by atoms with E-state index in [4.69, 9.17) is 3.87 Å². The van der Waals surface area contributed by atoms with Gasteiger partial charge in [0.05, 0.1) is 0 Å². The molecule has 0 saturated carbocycles. The maximum absolute atomic E-state index is 13.3. The largest absolute Gasteiger partial charge is 0.522 e. The van der Waals surface area contributed by atoms with E-state index in [0.29, 0.717) is 12.1 Å². The number of hydrogen-bond donors (Lipinski definition) is 0. The van der Waals surface area contributed by atoms with Crippen LogP contribution in [0.1, 0.15) is 99.8 Å². The molecule has 0 spiro atoms. The van der Waals surface area contributed by atoms with Gasteiger partial charge in [0.15, 0.2) is 0 Å². The Kier molecular flexibility index (Phi) is 12.0. The second-order valence-corrected chi connectivity index (χ2v) is 15.8. The number of unbranched alkanes of at least 4 members (excludes halogenated alkanes) is 2. The molecule has 3 nitrogen and oxygen atoms in total. The molecule has 29 heavy (non-hydrogen) atoms. The van der Waals surface area contributed by atoms with Crippen molar-refractivity contribution in [1.29, 1.82) is 0 Å². The van der Waals surface area contributed by atoms with Crippen molar-refractivity contribution in [2.24, 2.45) is 11.8 Å². The van der Waals surface area contributed by atoms with Gasteiger partial charge in [-0.2, -0.15) is 21.6 Å². The van der Waals surface area contributed by atoms with Crippen LogP contribution >= 0.6 is 0 Å². The summed E-state index contributed by atoms with van der Waals surface area (Å²) in [7, 11) is -8.94. The van der Waals surface area contributed by atoms with Crippen molar-refractivity contribution in [2.75, 3.05) is 0 Å². The van der Waals surface area contributed by atoms with Gasteiger partial charge < -0.3 is 3.87 Å². The first kappa shape index (κ1) is 28.9. The monoisotopic (exact) mass is 460 g/mol. The Hall–Kier alpha value is -0.0831. The van der Waals surface area contributed by atoms with Gasteiger partial charge in [-0.15, -0.1) is 0 Å². The summed E-state index contributed by atoms with van der Waals surface area (Å²) >= 11 is 0. The topological polar surface area (TPSA) is 43.4 Å². The van der Waals surface area contributed by atoms with E-state index in [1.54, 1.807) is 0 Å². The lowest BCUT2D eigenvalue weighted by molar-refractivity contribution is -0.0506. The zero-order chi connectivity index (χ0) is 22.9. The van der Waals surface area contributed by atoms with Crippen molar-refractivity contribution >= 4 is 18.4 Å². The maximum Gasteiger partial charge on any atom is 0.522 e. The van der Waals surface area contributed by atoms with Crippen molar-refractivity contribution in [2.45, 2.75) is 122 Å². The summed E-state index contributed by atoms with van der Waals surface area (Å²) in [4.78, 5) is 0. The SMILES string of the molecule is CCCCC(CC)C[Si](CC(CC)CCCC)(OS(=O)(=O)C(F)(F)F)C(C)(C)C. The van der Waals surface area contributed by atoms with Crippen LogP contribution in [0, 0.1) is 11.8 Å². The van der Waals surface area contributed by atoms with E-state index in [0.717, 1.165) is 51.4 Å². The fraction of sp³-hybridized carbons (Fsp3) is 1.00. The maximum atomic E-state index is 13.3. The fourth-order valence-corrected chi connectivity index (χ4v) is 11.8. The van der Waals surface area contributed by atoms with E-state index in [2.05, 4.69) is 13.8 Å². The molecule has 0 aliphatic heterocycles. The Morgan fingerprint density at radius 2 is 1.21 bits per heavy atom. The number of hydrogen-bond acceptors (Lipinski definition) is 3. The molecule has 2 atom stereocenters. The van der Waals surface area contributed by atoms with Gasteiger partial charge in [-0.3, -0.25) is 0 Å². The fourth-order valence-electron chi connectivity index (χ4n) is 3.97. The van der Waals surface area contributed by atoms with Crippen molar-refractivity contribution in [3.05, 3.63) is 0 Å². The van der Waals surface area contributed by atoms with Gasteiger partial charge in [-0.1, -0.05) is 99.8 Å². The molecule has 0 aromatic rings. The van der Waals surface area contributed by atoms with Crippen LogP contribution in [0.15, 0.2) is 0 Å². The average molecular weight is 461 g/mol. The molecule has 0 aliphatic rings. The van der Waals surface area contributed by atoms with Gasteiger partial charge in [0.1, 0.15) is 0 Å². The van der Waals surface area contributed by atoms with Gasteiger partial charge in [-0.25, -0.2) is 0 Å². The van der Waals surface area contributed by atoms with Crippen molar-refractivity contribution < 1.29 is 25.5 Å². The predicted molar refractivity (Wildman–Crippen MR) is 118 cm³/mol. The van der Waals surface area contributed by atoms with Gasteiger partial charge in [-0.05, 0) is 29.0 Å². The Morgan fingerprint density at radius 1 is 0.828 bits per heavy atom. The van der Waals surface area contributed by atoms with E-state index in [9.17, 15) is 21.6 Å². The number of halogens is 3. The van der Waals surface area contributed by atoms with Crippen molar-refractivity contribution in [3.63, 3.8) is 0 Å². The van der Waals surface area contributed by atoms with E-state index in [1.165, 1.54) is 0 Å². The molecule has 0 rings (SSSR count). The predicted octanol–water partition coefficient (Wildman–Crippen LogP) is 8.03. The Balaban J connectivity index is 6.22. The van der Waals surface area contributed by atoms with E-state index in [1.807, 2.05) is 34.6 Å². The lowest BCUT2D eigenvalue weighted by Gasteiger charge is -2.45. The normalized spacial score (nSPS) is 17.7. The van der Waals surface area contributed by atoms with Crippen LogP contribution in [0.25, 0.3) is 0 Å². The van der Waals surface area contributed by atoms with Gasteiger partial charge in [0, 0.05) is 0 Å². The van der Waals surface area contributed by atoms with Gasteiger partial charge >= 0.3 is 15.6 Å². The summed E-state index contributed by atoms with van der Waals surface area (Å²) in [5.41, 5.74) is -5.38. The highest BCUT2D eigenvalue weighted by molar-refractivity contribution is 7.88. The van der Waals surface area contributed by atoms with Crippen LogP contribution in [-0.4, -0.2) is 22.2 Å². The molecule has 0 amide bonds. The Morgan fingerprint density at radius 3 is 1.45 bits per heavy atom. The number of rotatable bonds is 14. The van der Waals surface area contributed by atoms with Crippen LogP contribution in [0.5, 0.6) is 0 Å². The first-order chi connectivity index (χ1) is 13.2. The minimum Gasteiger partial charge on any atom is -0.307 e. The molecule has 0 aliphatic carbocycles. The molecule has 0 fully saturated rings. The van der Waals surface area contributed by atoms with E-state index in [-0.39, 0.29) is 11.8 Å². The van der Waals surface area contributed by atoms with Crippen LogP contribution in [0.2, 0.25) is 17.1 Å². The van der Waals surface area contributed by atoms with E-state index >= 15 is 0 Å². The highest BCUT2D eigenvalue weighted by Crippen LogP contribution is 2.50. The summed E-state index contributed by atoms with van der Waals surface area (Å²) in [6, 6.07) is 0.926. The molecule has 8 heteroatoms. The van der Waals surface area contributed by atoms with E-state index < -0.39 is 29.0 Å². The first-order valence-corrected chi connectivity index (χ1v) is 14.9. The molecule has 0 radical (unpaired) electrons. The zero-order valence-corrected chi connectivity index (χ0v) is 21.3. The minimum atomic E-state index is -5.63. The standard InChI is InChI=1S/C21H43F3O3SSi/c1-8-12-14-18(10-3)16-29(20(5,6)7,17-19(11-4)15-13-9-2)27-28(25,26)21(22,23)24/h18-19H,8-17H2,1-7H3. The molecule has 0 bridgehead atoms. The summed E-state index contributed by atoms with van der Waals surface area (Å²) in [6.07, 6.45) is 7.46. The minimum absolute atomic E-state index is 0.188. The van der Waals surface area contributed by atoms with Crippen molar-refractivity contribution in [1.82, 2.24) is 0 Å². The smallest absolute Gasteiger partial charge is 0.307 e.